The van der Waals surface area contributed by atoms with Gasteiger partial charge in [0.2, 0.25) is 0 Å². The third-order valence-electron chi connectivity index (χ3n) is 1.17. The van der Waals surface area contributed by atoms with Gasteiger partial charge in [-0.15, -0.1) is 0 Å². The van der Waals surface area contributed by atoms with Gasteiger partial charge in [0.1, 0.15) is 10.1 Å². The molecule has 2 N–H and O–H groups in total. The van der Waals surface area contributed by atoms with Crippen LogP contribution in [0.25, 0.3) is 0 Å². The van der Waals surface area contributed by atoms with Crippen LogP contribution in [0.1, 0.15) is 0 Å². The second kappa shape index (κ2) is 4.25. The van der Waals surface area contributed by atoms with Crippen LogP contribution in [0.4, 0.5) is 5.69 Å². The Morgan fingerprint density at radius 3 is 1.92 bits per heavy atom. The van der Waals surface area contributed by atoms with Gasteiger partial charge in [0.25, 0.3) is 0 Å². The zero-order valence-electron chi connectivity index (χ0n) is 6.52. The van der Waals surface area contributed by atoms with Crippen LogP contribution in [0.2, 0.25) is 0 Å². The molecule has 12 heavy (non-hydrogen) atoms. The standard InChI is InChI=1S/C6H7NO3S.Na/c7-5-1-3-6(4-2-5)11(8,9)10;/h1-4H,7H2,(H,8,9,10);/q;+1/p-1. The Morgan fingerprint density at radius 1 is 1.17 bits per heavy atom. The Balaban J connectivity index is 0.00000121. The van der Waals surface area contributed by atoms with Gasteiger partial charge < -0.3 is 10.3 Å². The molecule has 0 aromatic heterocycles. The molecule has 0 aliphatic heterocycles. The van der Waals surface area contributed by atoms with E-state index in [4.69, 9.17) is 5.73 Å². The molecule has 0 unspecified atom stereocenters. The minimum absolute atomic E-state index is 0. The fraction of sp³-hybridized carbons (Fsp3) is 0. The van der Waals surface area contributed by atoms with Crippen molar-refractivity contribution in [1.82, 2.24) is 0 Å². The summed E-state index contributed by atoms with van der Waals surface area (Å²) in [6.45, 7) is 0. The Bertz CT molecular complexity index is 346. The average Bonchev–Trinajstić information content (AvgIpc) is 1.86. The molecule has 6 heteroatoms. The van der Waals surface area contributed by atoms with Crippen LogP contribution in [0.5, 0.6) is 0 Å². The molecule has 0 heterocycles. The molecule has 0 amide bonds. The summed E-state index contributed by atoms with van der Waals surface area (Å²) in [5, 5.41) is 0. The molecule has 0 fully saturated rings. The minimum Gasteiger partial charge on any atom is -0.744 e. The Morgan fingerprint density at radius 2 is 1.58 bits per heavy atom. The van der Waals surface area contributed by atoms with Crippen molar-refractivity contribution in [3.05, 3.63) is 24.3 Å². The van der Waals surface area contributed by atoms with Crippen molar-refractivity contribution in [2.75, 3.05) is 5.73 Å². The number of benzene rings is 1. The van der Waals surface area contributed by atoms with Gasteiger partial charge in [-0.3, -0.25) is 0 Å². The van der Waals surface area contributed by atoms with E-state index in [1.54, 1.807) is 0 Å². The molecule has 4 nitrogen and oxygen atoms in total. The summed E-state index contributed by atoms with van der Waals surface area (Å²) >= 11 is 0. The molecule has 0 saturated carbocycles. The first kappa shape index (κ1) is 11.9. The summed E-state index contributed by atoms with van der Waals surface area (Å²) in [6, 6.07) is 5.09. The van der Waals surface area contributed by atoms with Crippen molar-refractivity contribution in [1.29, 1.82) is 0 Å². The Labute approximate surface area is 92.8 Å². The molecule has 0 aliphatic carbocycles. The van der Waals surface area contributed by atoms with Crippen LogP contribution < -0.4 is 35.3 Å². The van der Waals surface area contributed by atoms with Gasteiger partial charge in [-0.1, -0.05) is 0 Å². The summed E-state index contributed by atoms with van der Waals surface area (Å²) in [4.78, 5) is -0.258. The molecule has 1 aromatic rings. The smallest absolute Gasteiger partial charge is 0.744 e. The first-order valence-corrected chi connectivity index (χ1v) is 4.22. The number of hydrogen-bond donors (Lipinski definition) is 1. The summed E-state index contributed by atoms with van der Waals surface area (Å²) < 4.78 is 31.0. The first-order chi connectivity index (χ1) is 5.00. The van der Waals surface area contributed by atoms with E-state index in [0.717, 1.165) is 0 Å². The minimum atomic E-state index is -4.33. The molecule has 0 aliphatic rings. The fourth-order valence-corrected chi connectivity index (χ4v) is 1.10. The van der Waals surface area contributed by atoms with Crippen LogP contribution in [0.15, 0.2) is 29.2 Å². The number of anilines is 1. The van der Waals surface area contributed by atoms with E-state index in [0.29, 0.717) is 5.69 Å². The summed E-state index contributed by atoms with van der Waals surface area (Å²) in [5.74, 6) is 0. The van der Waals surface area contributed by atoms with Crippen molar-refractivity contribution < 1.29 is 42.5 Å². The van der Waals surface area contributed by atoms with Crippen molar-refractivity contribution in [3.8, 4) is 0 Å². The van der Waals surface area contributed by atoms with Crippen molar-refractivity contribution >= 4 is 15.8 Å². The second-order valence-electron chi connectivity index (χ2n) is 2.02. The number of rotatable bonds is 1. The van der Waals surface area contributed by atoms with Crippen LogP contribution >= 0.6 is 0 Å². The van der Waals surface area contributed by atoms with Crippen LogP contribution in [0, 0.1) is 0 Å². The second-order valence-corrected chi connectivity index (χ2v) is 3.40. The van der Waals surface area contributed by atoms with E-state index in [-0.39, 0.29) is 34.5 Å². The molecule has 0 radical (unpaired) electrons. The van der Waals surface area contributed by atoms with Gasteiger partial charge in [-0.2, -0.15) is 0 Å². The third-order valence-corrected chi connectivity index (χ3v) is 2.02. The van der Waals surface area contributed by atoms with Crippen LogP contribution in [0.3, 0.4) is 0 Å². The maximum absolute atomic E-state index is 10.3. The molecule has 1 aromatic carbocycles. The molecule has 60 valence electrons. The summed E-state index contributed by atoms with van der Waals surface area (Å²) in [5.41, 5.74) is 5.70. The van der Waals surface area contributed by atoms with Gasteiger partial charge >= 0.3 is 29.6 Å². The number of hydrogen-bond acceptors (Lipinski definition) is 4. The maximum Gasteiger partial charge on any atom is 1.00 e. The molecule has 0 bridgehead atoms. The van der Waals surface area contributed by atoms with Gasteiger partial charge in [0.05, 0.1) is 4.90 Å². The number of nitrogen functional groups attached to an aromatic ring is 1. The monoisotopic (exact) mass is 195 g/mol. The predicted octanol–water partition coefficient (Wildman–Crippen LogP) is -2.82. The summed E-state index contributed by atoms with van der Waals surface area (Å²) in [6.07, 6.45) is 0. The zero-order valence-corrected chi connectivity index (χ0v) is 9.34. The Hall–Kier alpha value is -0.0700. The fourth-order valence-electron chi connectivity index (χ4n) is 0.634. The molecule has 0 saturated heterocycles. The first-order valence-electron chi connectivity index (χ1n) is 2.81. The topological polar surface area (TPSA) is 83.2 Å². The normalized spacial score (nSPS) is 10.4. The van der Waals surface area contributed by atoms with Gasteiger partial charge in [-0.05, 0) is 24.3 Å². The van der Waals surface area contributed by atoms with Gasteiger partial charge in [0, 0.05) is 5.69 Å². The molecule has 1 rings (SSSR count). The average molecular weight is 195 g/mol. The van der Waals surface area contributed by atoms with Crippen LogP contribution in [-0.2, 0) is 10.1 Å². The maximum atomic E-state index is 10.3. The van der Waals surface area contributed by atoms with Gasteiger partial charge in [-0.25, -0.2) is 8.42 Å². The largest absolute Gasteiger partial charge is 1.00 e. The van der Waals surface area contributed by atoms with E-state index in [9.17, 15) is 13.0 Å². The van der Waals surface area contributed by atoms with Crippen molar-refractivity contribution in [2.24, 2.45) is 0 Å². The van der Waals surface area contributed by atoms with E-state index < -0.39 is 10.1 Å². The van der Waals surface area contributed by atoms with E-state index in [1.165, 1.54) is 24.3 Å². The molecule has 0 atom stereocenters. The van der Waals surface area contributed by atoms with Crippen LogP contribution in [-0.4, -0.2) is 13.0 Å². The van der Waals surface area contributed by atoms with Crippen molar-refractivity contribution in [3.63, 3.8) is 0 Å². The van der Waals surface area contributed by atoms with Gasteiger partial charge in [0.15, 0.2) is 0 Å². The van der Waals surface area contributed by atoms with E-state index >= 15 is 0 Å². The number of nitrogens with two attached hydrogens (primary N) is 1. The molecular weight excluding hydrogens is 189 g/mol. The summed E-state index contributed by atoms with van der Waals surface area (Å²) in [7, 11) is -4.33. The molecule has 0 spiro atoms. The molecular formula is C6H6NNaO3S. The predicted molar refractivity (Wildman–Crippen MR) is 38.8 cm³/mol. The Kier molecular flexibility index (Phi) is 4.22. The quantitative estimate of drug-likeness (QED) is 0.297. The van der Waals surface area contributed by atoms with Crippen molar-refractivity contribution in [2.45, 2.75) is 4.90 Å². The zero-order chi connectivity index (χ0) is 8.48. The van der Waals surface area contributed by atoms with E-state index in [1.807, 2.05) is 0 Å². The third kappa shape index (κ3) is 3.12. The SMILES string of the molecule is Nc1ccc(S(=O)(=O)[O-])cc1.[Na+]. The van der Waals surface area contributed by atoms with E-state index in [2.05, 4.69) is 0 Å².